The molecular formula is C10H15F2NO2. The number of hydrogen-bond acceptors (Lipinski definition) is 2. The van der Waals surface area contributed by atoms with Crippen LogP contribution in [-0.2, 0) is 9.53 Å². The van der Waals surface area contributed by atoms with Crippen LogP contribution in [0.2, 0.25) is 0 Å². The van der Waals surface area contributed by atoms with Gasteiger partial charge in [0.2, 0.25) is 5.91 Å². The molecule has 1 saturated heterocycles. The highest BCUT2D eigenvalue weighted by Gasteiger charge is 2.72. The van der Waals surface area contributed by atoms with Crippen LogP contribution in [0.1, 0.15) is 26.2 Å². The summed E-state index contributed by atoms with van der Waals surface area (Å²) in [5.74, 6) is -3.37. The first kappa shape index (κ1) is 10.8. The Morgan fingerprint density at radius 1 is 1.53 bits per heavy atom. The standard InChI is InChI=1S/C10H15F2NO2/c1-9(6-10(9,11)12)8(14)13-7-3-2-4-15-5-7/h7H,2-6H2,1H3,(H,13,14)/t7-,9?/m1/s1. The summed E-state index contributed by atoms with van der Waals surface area (Å²) in [6, 6.07) is -0.0977. The molecule has 2 fully saturated rings. The molecule has 2 rings (SSSR count). The van der Waals surface area contributed by atoms with Gasteiger partial charge in [0.1, 0.15) is 5.41 Å². The van der Waals surface area contributed by atoms with Crippen LogP contribution < -0.4 is 5.32 Å². The van der Waals surface area contributed by atoms with Gasteiger partial charge in [-0.25, -0.2) is 8.78 Å². The van der Waals surface area contributed by atoms with Gasteiger partial charge in [-0.3, -0.25) is 4.79 Å². The Morgan fingerprint density at radius 3 is 2.67 bits per heavy atom. The van der Waals surface area contributed by atoms with E-state index in [1.54, 1.807) is 0 Å². The third-order valence-electron chi connectivity index (χ3n) is 3.25. The van der Waals surface area contributed by atoms with Gasteiger partial charge in [-0.15, -0.1) is 0 Å². The molecule has 0 aromatic heterocycles. The smallest absolute Gasteiger partial charge is 0.263 e. The van der Waals surface area contributed by atoms with Crippen LogP contribution >= 0.6 is 0 Å². The largest absolute Gasteiger partial charge is 0.379 e. The summed E-state index contributed by atoms with van der Waals surface area (Å²) in [5, 5.41) is 2.63. The number of alkyl halides is 2. The van der Waals surface area contributed by atoms with Crippen molar-refractivity contribution in [1.29, 1.82) is 0 Å². The molecule has 0 aromatic rings. The van der Waals surface area contributed by atoms with Crippen molar-refractivity contribution in [2.24, 2.45) is 5.41 Å². The summed E-state index contributed by atoms with van der Waals surface area (Å²) < 4.78 is 31.0. The predicted molar refractivity (Wildman–Crippen MR) is 49.7 cm³/mol. The van der Waals surface area contributed by atoms with Gasteiger partial charge in [-0.2, -0.15) is 0 Å². The van der Waals surface area contributed by atoms with E-state index in [1.807, 2.05) is 0 Å². The lowest BCUT2D eigenvalue weighted by molar-refractivity contribution is -0.131. The van der Waals surface area contributed by atoms with Crippen LogP contribution in [0.25, 0.3) is 0 Å². The van der Waals surface area contributed by atoms with Crippen molar-refractivity contribution in [3.05, 3.63) is 0 Å². The van der Waals surface area contributed by atoms with E-state index in [0.29, 0.717) is 13.2 Å². The van der Waals surface area contributed by atoms with Gasteiger partial charge in [0.15, 0.2) is 0 Å². The third kappa shape index (κ3) is 1.85. The molecule has 0 bridgehead atoms. The Hall–Kier alpha value is -0.710. The lowest BCUT2D eigenvalue weighted by atomic mass is 10.1. The van der Waals surface area contributed by atoms with E-state index in [4.69, 9.17) is 4.74 Å². The minimum Gasteiger partial charge on any atom is -0.379 e. The van der Waals surface area contributed by atoms with E-state index in [-0.39, 0.29) is 12.5 Å². The highest BCUT2D eigenvalue weighted by atomic mass is 19.3. The normalized spacial score (nSPS) is 38.5. The maximum atomic E-state index is 12.9. The van der Waals surface area contributed by atoms with Crippen molar-refractivity contribution in [2.45, 2.75) is 38.2 Å². The van der Waals surface area contributed by atoms with E-state index in [1.165, 1.54) is 6.92 Å². The fourth-order valence-electron chi connectivity index (χ4n) is 1.85. The van der Waals surface area contributed by atoms with Crippen molar-refractivity contribution >= 4 is 5.91 Å². The summed E-state index contributed by atoms with van der Waals surface area (Å²) in [4.78, 5) is 11.6. The van der Waals surface area contributed by atoms with Crippen LogP contribution in [-0.4, -0.2) is 31.1 Å². The Morgan fingerprint density at radius 2 is 2.20 bits per heavy atom. The Labute approximate surface area is 87.2 Å². The van der Waals surface area contributed by atoms with Crippen LogP contribution in [0.3, 0.4) is 0 Å². The monoisotopic (exact) mass is 219 g/mol. The Bertz CT molecular complexity index is 277. The lowest BCUT2D eigenvalue weighted by Gasteiger charge is -2.24. The molecule has 2 aliphatic rings. The number of amides is 1. The first-order chi connectivity index (χ1) is 6.96. The van der Waals surface area contributed by atoms with Crippen LogP contribution in [0, 0.1) is 5.41 Å². The SMILES string of the molecule is CC1(C(=O)N[C@@H]2CCCOC2)CC1(F)F. The van der Waals surface area contributed by atoms with E-state index in [0.717, 1.165) is 12.8 Å². The summed E-state index contributed by atoms with van der Waals surface area (Å²) in [5.41, 5.74) is -1.48. The number of nitrogens with one attached hydrogen (secondary N) is 1. The average molecular weight is 219 g/mol. The molecule has 1 unspecified atom stereocenters. The number of rotatable bonds is 2. The quantitative estimate of drug-likeness (QED) is 0.760. The predicted octanol–water partition coefficient (Wildman–Crippen LogP) is 1.33. The number of hydrogen-bond donors (Lipinski definition) is 1. The second-order valence-electron chi connectivity index (χ2n) is 4.60. The summed E-state index contributed by atoms with van der Waals surface area (Å²) >= 11 is 0. The van der Waals surface area contributed by atoms with Gasteiger partial charge in [0.05, 0.1) is 12.6 Å². The zero-order valence-corrected chi connectivity index (χ0v) is 8.69. The van der Waals surface area contributed by atoms with Crippen LogP contribution in [0.15, 0.2) is 0 Å². The van der Waals surface area contributed by atoms with Crippen molar-refractivity contribution in [3.63, 3.8) is 0 Å². The van der Waals surface area contributed by atoms with E-state index in [2.05, 4.69) is 5.32 Å². The first-order valence-electron chi connectivity index (χ1n) is 5.22. The van der Waals surface area contributed by atoms with E-state index < -0.39 is 17.2 Å². The molecule has 1 aliphatic heterocycles. The number of carbonyl (C=O) groups excluding carboxylic acids is 1. The Balaban J connectivity index is 1.87. The topological polar surface area (TPSA) is 38.3 Å². The summed E-state index contributed by atoms with van der Waals surface area (Å²) in [6.45, 7) is 2.44. The fraction of sp³-hybridized carbons (Fsp3) is 0.900. The fourth-order valence-corrected chi connectivity index (χ4v) is 1.85. The lowest BCUT2D eigenvalue weighted by Crippen LogP contribution is -2.44. The van der Waals surface area contributed by atoms with Crippen molar-refractivity contribution in [2.75, 3.05) is 13.2 Å². The second-order valence-corrected chi connectivity index (χ2v) is 4.60. The average Bonchev–Trinajstić information content (AvgIpc) is 2.69. The molecule has 3 nitrogen and oxygen atoms in total. The molecule has 86 valence electrons. The van der Waals surface area contributed by atoms with Crippen LogP contribution in [0.4, 0.5) is 8.78 Å². The van der Waals surface area contributed by atoms with E-state index >= 15 is 0 Å². The molecular weight excluding hydrogens is 204 g/mol. The molecule has 0 spiro atoms. The van der Waals surface area contributed by atoms with Gasteiger partial charge < -0.3 is 10.1 Å². The molecule has 0 radical (unpaired) electrons. The summed E-state index contributed by atoms with van der Waals surface area (Å²) in [7, 11) is 0. The van der Waals surface area contributed by atoms with Crippen molar-refractivity contribution in [3.8, 4) is 0 Å². The molecule has 2 atom stereocenters. The zero-order chi connectivity index (χ0) is 11.1. The molecule has 0 aromatic carbocycles. The molecule has 1 N–H and O–H groups in total. The minimum atomic E-state index is -2.83. The maximum absolute atomic E-state index is 12.9. The number of carbonyl (C=O) groups is 1. The first-order valence-corrected chi connectivity index (χ1v) is 5.22. The summed E-state index contributed by atoms with van der Waals surface area (Å²) in [6.07, 6.45) is 1.35. The molecule has 5 heteroatoms. The zero-order valence-electron chi connectivity index (χ0n) is 8.69. The van der Waals surface area contributed by atoms with Gasteiger partial charge in [-0.05, 0) is 19.8 Å². The highest BCUT2D eigenvalue weighted by molar-refractivity contribution is 5.87. The Kier molecular flexibility index (Phi) is 2.45. The van der Waals surface area contributed by atoms with E-state index in [9.17, 15) is 13.6 Å². The van der Waals surface area contributed by atoms with Gasteiger partial charge in [-0.1, -0.05) is 0 Å². The molecule has 1 saturated carbocycles. The number of halogens is 2. The molecule has 1 aliphatic carbocycles. The minimum absolute atomic E-state index is 0.0977. The van der Waals surface area contributed by atoms with Gasteiger partial charge in [0.25, 0.3) is 5.92 Å². The van der Waals surface area contributed by atoms with Gasteiger partial charge >= 0.3 is 0 Å². The highest BCUT2D eigenvalue weighted by Crippen LogP contribution is 2.60. The van der Waals surface area contributed by atoms with Gasteiger partial charge in [0, 0.05) is 13.0 Å². The van der Waals surface area contributed by atoms with Crippen molar-refractivity contribution in [1.82, 2.24) is 5.32 Å². The second kappa shape index (κ2) is 3.40. The van der Waals surface area contributed by atoms with Crippen molar-refractivity contribution < 1.29 is 18.3 Å². The maximum Gasteiger partial charge on any atom is 0.263 e. The third-order valence-corrected chi connectivity index (χ3v) is 3.25. The van der Waals surface area contributed by atoms with Crippen LogP contribution in [0.5, 0.6) is 0 Å². The molecule has 1 amide bonds. The molecule has 15 heavy (non-hydrogen) atoms. The molecule has 1 heterocycles. The number of ether oxygens (including phenoxy) is 1.